The number of hydrogen-bond donors (Lipinski definition) is 0. The predicted molar refractivity (Wildman–Crippen MR) is 50.4 cm³/mol. The van der Waals surface area contributed by atoms with Crippen LogP contribution in [0.5, 0.6) is 0 Å². The standard InChI is InChI=1S/C11H13F3/c1-7-4-5-10(8(2)6-7)9(3)11(12,13)14/h4-6,9H,1-3H3. The summed E-state index contributed by atoms with van der Waals surface area (Å²) in [4.78, 5) is 0. The molecule has 1 atom stereocenters. The number of rotatable bonds is 1. The van der Waals surface area contributed by atoms with E-state index in [-0.39, 0.29) is 0 Å². The van der Waals surface area contributed by atoms with Crippen molar-refractivity contribution in [1.82, 2.24) is 0 Å². The summed E-state index contributed by atoms with van der Waals surface area (Å²) in [5, 5.41) is 0. The van der Waals surface area contributed by atoms with Crippen LogP contribution in [0.1, 0.15) is 29.5 Å². The van der Waals surface area contributed by atoms with Gasteiger partial charge in [-0.25, -0.2) is 0 Å². The van der Waals surface area contributed by atoms with Crippen molar-refractivity contribution < 1.29 is 13.2 Å². The summed E-state index contributed by atoms with van der Waals surface area (Å²) < 4.78 is 37.2. The first-order valence-corrected chi connectivity index (χ1v) is 4.46. The molecule has 0 aliphatic heterocycles. The normalized spacial score (nSPS) is 14.1. The molecule has 0 radical (unpaired) electrons. The summed E-state index contributed by atoms with van der Waals surface area (Å²) in [7, 11) is 0. The quantitative estimate of drug-likeness (QED) is 0.646. The summed E-state index contributed by atoms with van der Waals surface area (Å²) in [5.74, 6) is -1.39. The molecular formula is C11H13F3. The molecule has 0 nitrogen and oxygen atoms in total. The third-order valence-electron chi connectivity index (χ3n) is 2.38. The number of benzene rings is 1. The minimum Gasteiger partial charge on any atom is -0.170 e. The highest BCUT2D eigenvalue weighted by molar-refractivity contribution is 5.33. The van der Waals surface area contributed by atoms with Gasteiger partial charge in [0.1, 0.15) is 0 Å². The van der Waals surface area contributed by atoms with E-state index in [1.54, 1.807) is 25.1 Å². The third-order valence-corrected chi connectivity index (χ3v) is 2.38. The Hall–Kier alpha value is -0.990. The molecule has 78 valence electrons. The van der Waals surface area contributed by atoms with Crippen LogP contribution in [0.3, 0.4) is 0 Å². The van der Waals surface area contributed by atoms with Gasteiger partial charge in [-0.1, -0.05) is 23.8 Å². The molecule has 1 aromatic rings. The third kappa shape index (κ3) is 2.28. The Labute approximate surface area is 81.8 Å². The van der Waals surface area contributed by atoms with Gasteiger partial charge in [0.2, 0.25) is 0 Å². The molecule has 3 heteroatoms. The van der Waals surface area contributed by atoms with Crippen LogP contribution < -0.4 is 0 Å². The fourth-order valence-corrected chi connectivity index (χ4v) is 1.49. The second-order valence-corrected chi connectivity index (χ2v) is 3.62. The summed E-state index contributed by atoms with van der Waals surface area (Å²) in [6, 6.07) is 5.05. The molecule has 14 heavy (non-hydrogen) atoms. The average molecular weight is 202 g/mol. The molecule has 0 saturated heterocycles. The van der Waals surface area contributed by atoms with Gasteiger partial charge in [0.15, 0.2) is 0 Å². The van der Waals surface area contributed by atoms with Gasteiger partial charge in [0.25, 0.3) is 0 Å². The Bertz CT molecular complexity index is 326. The Morgan fingerprint density at radius 3 is 2.14 bits per heavy atom. The molecule has 0 saturated carbocycles. The van der Waals surface area contributed by atoms with Gasteiger partial charge in [0.05, 0.1) is 5.92 Å². The van der Waals surface area contributed by atoms with Crippen molar-refractivity contribution in [3.05, 3.63) is 34.9 Å². The van der Waals surface area contributed by atoms with Crippen LogP contribution in [0, 0.1) is 13.8 Å². The van der Waals surface area contributed by atoms with Crippen LogP contribution in [-0.4, -0.2) is 6.18 Å². The van der Waals surface area contributed by atoms with Gasteiger partial charge in [-0.2, -0.15) is 13.2 Å². The van der Waals surface area contributed by atoms with Crippen molar-refractivity contribution in [2.24, 2.45) is 0 Å². The lowest BCUT2D eigenvalue weighted by Crippen LogP contribution is -2.18. The monoisotopic (exact) mass is 202 g/mol. The van der Waals surface area contributed by atoms with Gasteiger partial charge >= 0.3 is 6.18 Å². The van der Waals surface area contributed by atoms with E-state index in [0.717, 1.165) is 5.56 Å². The van der Waals surface area contributed by atoms with Gasteiger partial charge in [-0.3, -0.25) is 0 Å². The van der Waals surface area contributed by atoms with Crippen molar-refractivity contribution in [3.8, 4) is 0 Å². The molecule has 0 aliphatic carbocycles. The van der Waals surface area contributed by atoms with Gasteiger partial charge < -0.3 is 0 Å². The van der Waals surface area contributed by atoms with E-state index in [4.69, 9.17) is 0 Å². The van der Waals surface area contributed by atoms with E-state index in [1.165, 1.54) is 6.92 Å². The van der Waals surface area contributed by atoms with Crippen molar-refractivity contribution in [3.63, 3.8) is 0 Å². The second-order valence-electron chi connectivity index (χ2n) is 3.62. The Balaban J connectivity index is 3.08. The van der Waals surface area contributed by atoms with E-state index in [0.29, 0.717) is 11.1 Å². The number of hydrogen-bond acceptors (Lipinski definition) is 0. The molecule has 0 spiro atoms. The molecule has 0 fully saturated rings. The van der Waals surface area contributed by atoms with Gasteiger partial charge in [-0.05, 0) is 31.9 Å². The maximum Gasteiger partial charge on any atom is 0.395 e. The molecule has 0 N–H and O–H groups in total. The fraction of sp³-hybridized carbons (Fsp3) is 0.455. The maximum atomic E-state index is 12.4. The highest BCUT2D eigenvalue weighted by Crippen LogP contribution is 2.35. The highest BCUT2D eigenvalue weighted by atomic mass is 19.4. The minimum absolute atomic E-state index is 0.364. The van der Waals surface area contributed by atoms with Crippen LogP contribution in [0.25, 0.3) is 0 Å². The summed E-state index contributed by atoms with van der Waals surface area (Å²) in [6.45, 7) is 4.78. The number of aryl methyl sites for hydroxylation is 2. The van der Waals surface area contributed by atoms with Crippen molar-refractivity contribution in [1.29, 1.82) is 0 Å². The van der Waals surface area contributed by atoms with Crippen LogP contribution in [0.15, 0.2) is 18.2 Å². The largest absolute Gasteiger partial charge is 0.395 e. The molecule has 1 unspecified atom stereocenters. The highest BCUT2D eigenvalue weighted by Gasteiger charge is 2.37. The Morgan fingerprint density at radius 1 is 1.14 bits per heavy atom. The molecule has 1 aromatic carbocycles. The molecule has 0 bridgehead atoms. The maximum absolute atomic E-state index is 12.4. The summed E-state index contributed by atoms with van der Waals surface area (Å²) in [5.41, 5.74) is 2.05. The first-order valence-electron chi connectivity index (χ1n) is 4.46. The van der Waals surface area contributed by atoms with Crippen LogP contribution in [0.4, 0.5) is 13.2 Å². The zero-order chi connectivity index (χ0) is 10.9. The van der Waals surface area contributed by atoms with E-state index in [9.17, 15) is 13.2 Å². The lowest BCUT2D eigenvalue weighted by Gasteiger charge is -2.18. The number of halogens is 3. The second kappa shape index (κ2) is 3.64. The Morgan fingerprint density at radius 2 is 1.71 bits per heavy atom. The fourth-order valence-electron chi connectivity index (χ4n) is 1.49. The van der Waals surface area contributed by atoms with E-state index >= 15 is 0 Å². The topological polar surface area (TPSA) is 0 Å². The van der Waals surface area contributed by atoms with Crippen LogP contribution in [-0.2, 0) is 0 Å². The van der Waals surface area contributed by atoms with Gasteiger partial charge in [-0.15, -0.1) is 0 Å². The van der Waals surface area contributed by atoms with E-state index in [2.05, 4.69) is 0 Å². The zero-order valence-electron chi connectivity index (χ0n) is 8.44. The molecular weight excluding hydrogens is 189 g/mol. The lowest BCUT2D eigenvalue weighted by atomic mass is 9.95. The molecule has 0 aromatic heterocycles. The summed E-state index contributed by atoms with van der Waals surface area (Å²) in [6.07, 6.45) is -4.15. The smallest absolute Gasteiger partial charge is 0.170 e. The summed E-state index contributed by atoms with van der Waals surface area (Å²) >= 11 is 0. The molecule has 0 aliphatic rings. The first kappa shape index (κ1) is 11.1. The zero-order valence-corrected chi connectivity index (χ0v) is 8.44. The first-order chi connectivity index (χ1) is 6.32. The van der Waals surface area contributed by atoms with Crippen molar-refractivity contribution >= 4 is 0 Å². The SMILES string of the molecule is Cc1ccc(C(C)C(F)(F)F)c(C)c1. The average Bonchev–Trinajstić information content (AvgIpc) is 2.01. The minimum atomic E-state index is -4.15. The van der Waals surface area contributed by atoms with Crippen molar-refractivity contribution in [2.45, 2.75) is 32.9 Å². The lowest BCUT2D eigenvalue weighted by molar-refractivity contribution is -0.146. The molecule has 0 heterocycles. The number of alkyl halides is 3. The Kier molecular flexibility index (Phi) is 2.88. The van der Waals surface area contributed by atoms with Gasteiger partial charge in [0, 0.05) is 0 Å². The van der Waals surface area contributed by atoms with Crippen LogP contribution in [0.2, 0.25) is 0 Å². The van der Waals surface area contributed by atoms with Crippen molar-refractivity contribution in [2.75, 3.05) is 0 Å². The molecule has 0 amide bonds. The van der Waals surface area contributed by atoms with E-state index in [1.807, 2.05) is 6.92 Å². The predicted octanol–water partition coefficient (Wildman–Crippen LogP) is 3.97. The molecule has 1 rings (SSSR count). The van der Waals surface area contributed by atoms with E-state index < -0.39 is 12.1 Å². The van der Waals surface area contributed by atoms with Crippen LogP contribution >= 0.6 is 0 Å².